The zero-order valence-electron chi connectivity index (χ0n) is 10.0. The minimum absolute atomic E-state index is 0.0232. The zero-order chi connectivity index (χ0) is 13.0. The normalized spacial score (nSPS) is 16.5. The van der Waals surface area contributed by atoms with Gasteiger partial charge >= 0.3 is 0 Å². The lowest BCUT2D eigenvalue weighted by molar-refractivity contribution is 0.0497. The van der Waals surface area contributed by atoms with Gasteiger partial charge in [-0.3, -0.25) is 0 Å². The van der Waals surface area contributed by atoms with Crippen molar-refractivity contribution in [2.24, 2.45) is 11.7 Å². The molecule has 1 aromatic carbocycles. The highest BCUT2D eigenvalue weighted by atomic mass is 32.1. The first-order chi connectivity index (χ1) is 8.68. The van der Waals surface area contributed by atoms with E-state index in [0.717, 1.165) is 26.1 Å². The summed E-state index contributed by atoms with van der Waals surface area (Å²) in [6, 6.07) is 4.61. The van der Waals surface area contributed by atoms with Gasteiger partial charge in [0.1, 0.15) is 16.6 Å². The lowest BCUT2D eigenvalue weighted by Crippen LogP contribution is -2.22. The number of hydrogen-bond donors (Lipinski definition) is 1. The Balaban J connectivity index is 2.04. The summed E-state index contributed by atoms with van der Waals surface area (Å²) >= 11 is 4.85. The number of thiocarbonyl (C=S) groups is 1. The Morgan fingerprint density at radius 1 is 1.44 bits per heavy atom. The molecule has 1 saturated heterocycles. The summed E-state index contributed by atoms with van der Waals surface area (Å²) in [5, 5.41) is 0. The molecule has 3 nitrogen and oxygen atoms in total. The van der Waals surface area contributed by atoms with Crippen LogP contribution in [0.2, 0.25) is 0 Å². The van der Waals surface area contributed by atoms with Gasteiger partial charge in [-0.2, -0.15) is 0 Å². The van der Waals surface area contributed by atoms with E-state index in [2.05, 4.69) is 0 Å². The van der Waals surface area contributed by atoms with Crippen molar-refractivity contribution in [3.63, 3.8) is 0 Å². The van der Waals surface area contributed by atoms with Crippen LogP contribution < -0.4 is 10.5 Å². The summed E-state index contributed by atoms with van der Waals surface area (Å²) < 4.78 is 24.5. The van der Waals surface area contributed by atoms with Crippen LogP contribution in [-0.4, -0.2) is 24.8 Å². The van der Waals surface area contributed by atoms with Gasteiger partial charge in [0.2, 0.25) is 0 Å². The third-order valence-corrected chi connectivity index (χ3v) is 3.24. The van der Waals surface area contributed by atoms with Gasteiger partial charge in [-0.25, -0.2) is 4.39 Å². The average molecular weight is 269 g/mol. The van der Waals surface area contributed by atoms with Crippen molar-refractivity contribution in [1.29, 1.82) is 0 Å². The molecule has 0 atom stereocenters. The molecule has 0 amide bonds. The minimum atomic E-state index is -0.438. The average Bonchev–Trinajstić information content (AvgIpc) is 2.37. The summed E-state index contributed by atoms with van der Waals surface area (Å²) in [6.45, 7) is 2.07. The molecule has 1 aromatic rings. The third-order valence-electron chi connectivity index (χ3n) is 3.04. The molecule has 0 spiro atoms. The van der Waals surface area contributed by atoms with Crippen molar-refractivity contribution in [2.75, 3.05) is 19.8 Å². The maximum atomic E-state index is 13.6. The van der Waals surface area contributed by atoms with Crippen LogP contribution in [0.4, 0.5) is 4.39 Å². The highest BCUT2D eigenvalue weighted by Gasteiger charge is 2.17. The van der Waals surface area contributed by atoms with Crippen molar-refractivity contribution < 1.29 is 13.9 Å². The molecule has 98 valence electrons. The van der Waals surface area contributed by atoms with Crippen LogP contribution >= 0.6 is 12.2 Å². The molecule has 0 radical (unpaired) electrons. The Morgan fingerprint density at radius 3 is 2.83 bits per heavy atom. The lowest BCUT2D eigenvalue weighted by atomic mass is 10.0. The monoisotopic (exact) mass is 269 g/mol. The molecule has 1 aliphatic heterocycles. The topological polar surface area (TPSA) is 44.5 Å². The van der Waals surface area contributed by atoms with E-state index >= 15 is 0 Å². The van der Waals surface area contributed by atoms with Crippen molar-refractivity contribution >= 4 is 17.2 Å². The summed E-state index contributed by atoms with van der Waals surface area (Å²) in [6.07, 6.45) is 1.94. The third kappa shape index (κ3) is 3.17. The number of nitrogens with two attached hydrogens (primary N) is 1. The van der Waals surface area contributed by atoms with Gasteiger partial charge < -0.3 is 15.2 Å². The van der Waals surface area contributed by atoms with E-state index in [1.54, 1.807) is 12.1 Å². The molecular formula is C13H16FNO2S. The quantitative estimate of drug-likeness (QED) is 0.852. The van der Waals surface area contributed by atoms with Gasteiger partial charge in [0, 0.05) is 13.2 Å². The highest BCUT2D eigenvalue weighted by Crippen LogP contribution is 2.23. The molecule has 5 heteroatoms. The molecule has 0 aromatic heterocycles. The van der Waals surface area contributed by atoms with Gasteiger partial charge in [0.05, 0.1) is 12.2 Å². The predicted molar refractivity (Wildman–Crippen MR) is 71.3 cm³/mol. The fourth-order valence-corrected chi connectivity index (χ4v) is 2.18. The van der Waals surface area contributed by atoms with Gasteiger partial charge in [-0.15, -0.1) is 0 Å². The molecule has 1 fully saturated rings. The number of ether oxygens (including phenoxy) is 2. The standard InChI is InChI=1S/C13H16FNO2S/c14-10-2-1-3-11(12(10)13(15)18)17-8-9-4-6-16-7-5-9/h1-3,9H,4-8H2,(H2,15,18). The predicted octanol–water partition coefficient (Wildman–Crippen LogP) is 2.27. The van der Waals surface area contributed by atoms with E-state index < -0.39 is 5.82 Å². The van der Waals surface area contributed by atoms with E-state index in [-0.39, 0.29) is 10.6 Å². The molecule has 1 aliphatic rings. The number of rotatable bonds is 4. The van der Waals surface area contributed by atoms with Crippen LogP contribution in [0.3, 0.4) is 0 Å². The molecule has 2 rings (SSSR count). The number of hydrogen-bond acceptors (Lipinski definition) is 3. The lowest BCUT2D eigenvalue weighted by Gasteiger charge is -2.22. The Labute approximate surface area is 111 Å². The van der Waals surface area contributed by atoms with E-state index in [1.807, 2.05) is 0 Å². The van der Waals surface area contributed by atoms with Crippen LogP contribution in [0.25, 0.3) is 0 Å². The Hall–Kier alpha value is -1.20. The first kappa shape index (κ1) is 13.2. The second-order valence-corrected chi connectivity index (χ2v) is 4.78. The maximum Gasteiger partial charge on any atom is 0.137 e. The van der Waals surface area contributed by atoms with E-state index in [9.17, 15) is 4.39 Å². The maximum absolute atomic E-state index is 13.6. The highest BCUT2D eigenvalue weighted by molar-refractivity contribution is 7.80. The van der Waals surface area contributed by atoms with Crippen molar-refractivity contribution in [3.8, 4) is 5.75 Å². The van der Waals surface area contributed by atoms with Crippen molar-refractivity contribution in [3.05, 3.63) is 29.6 Å². The van der Waals surface area contributed by atoms with Crippen molar-refractivity contribution in [2.45, 2.75) is 12.8 Å². The molecule has 0 aliphatic carbocycles. The second kappa shape index (κ2) is 6.11. The molecule has 18 heavy (non-hydrogen) atoms. The van der Waals surface area contributed by atoms with Crippen LogP contribution in [0.1, 0.15) is 18.4 Å². The van der Waals surface area contributed by atoms with Crippen molar-refractivity contribution in [1.82, 2.24) is 0 Å². The molecule has 1 heterocycles. The molecule has 0 saturated carbocycles. The first-order valence-electron chi connectivity index (χ1n) is 5.97. The summed E-state index contributed by atoms with van der Waals surface area (Å²) in [7, 11) is 0. The minimum Gasteiger partial charge on any atom is -0.492 e. The van der Waals surface area contributed by atoms with Gasteiger partial charge in [-0.05, 0) is 30.9 Å². The summed E-state index contributed by atoms with van der Waals surface area (Å²) in [5.41, 5.74) is 5.71. The smallest absolute Gasteiger partial charge is 0.137 e. The fraction of sp³-hybridized carbons (Fsp3) is 0.462. The molecule has 2 N–H and O–H groups in total. The SMILES string of the molecule is NC(=S)c1c(F)cccc1OCC1CCOCC1. The number of benzene rings is 1. The van der Waals surface area contributed by atoms with Gasteiger partial charge in [-0.1, -0.05) is 18.3 Å². The van der Waals surface area contributed by atoms with Gasteiger partial charge in [0.25, 0.3) is 0 Å². The number of halogens is 1. The van der Waals surface area contributed by atoms with Crippen LogP contribution in [0, 0.1) is 11.7 Å². The summed E-state index contributed by atoms with van der Waals surface area (Å²) in [4.78, 5) is 0.0232. The fourth-order valence-electron chi connectivity index (χ4n) is 1.98. The molecule has 0 bridgehead atoms. The summed E-state index contributed by atoms with van der Waals surface area (Å²) in [5.74, 6) is 0.433. The van der Waals surface area contributed by atoms with Gasteiger partial charge in [0.15, 0.2) is 0 Å². The van der Waals surface area contributed by atoms with Crippen LogP contribution in [0.5, 0.6) is 5.75 Å². The van der Waals surface area contributed by atoms with E-state index in [4.69, 9.17) is 27.4 Å². The molecule has 0 unspecified atom stereocenters. The van der Waals surface area contributed by atoms with Crippen LogP contribution in [0.15, 0.2) is 18.2 Å². The Kier molecular flexibility index (Phi) is 4.49. The van der Waals surface area contributed by atoms with E-state index in [0.29, 0.717) is 18.3 Å². The molecular weight excluding hydrogens is 253 g/mol. The second-order valence-electron chi connectivity index (χ2n) is 4.34. The Bertz CT molecular complexity index is 433. The largest absolute Gasteiger partial charge is 0.492 e. The van der Waals surface area contributed by atoms with Crippen LogP contribution in [-0.2, 0) is 4.74 Å². The van der Waals surface area contributed by atoms with E-state index in [1.165, 1.54) is 6.07 Å². The first-order valence-corrected chi connectivity index (χ1v) is 6.38. The zero-order valence-corrected chi connectivity index (χ0v) is 10.8. The Morgan fingerprint density at radius 2 is 2.17 bits per heavy atom.